The van der Waals surface area contributed by atoms with E-state index in [4.69, 9.17) is 27.7 Å². The number of carboxylic acid groups (broad SMARTS) is 1. The molecule has 206 valence electrons. The van der Waals surface area contributed by atoms with Crippen LogP contribution in [0.1, 0.15) is 21.5 Å². The molecule has 0 saturated heterocycles. The Hall–Kier alpha value is -3.34. The second-order valence-electron chi connectivity index (χ2n) is 8.31. The average Bonchev–Trinajstić information content (AvgIpc) is 2.83. The van der Waals surface area contributed by atoms with Crippen LogP contribution in [0.3, 0.4) is 0 Å². The molecule has 0 spiro atoms. The maximum Gasteiger partial charge on any atom is 0.401 e. The highest BCUT2D eigenvalue weighted by Gasteiger charge is 2.25. The lowest BCUT2D eigenvalue weighted by Gasteiger charge is -2.16. The van der Waals surface area contributed by atoms with E-state index in [1.807, 2.05) is 0 Å². The van der Waals surface area contributed by atoms with Gasteiger partial charge in [-0.2, -0.15) is 0 Å². The lowest BCUT2D eigenvalue weighted by molar-refractivity contribution is -0.139. The van der Waals surface area contributed by atoms with Gasteiger partial charge < -0.3 is 24.9 Å². The fourth-order valence-electron chi connectivity index (χ4n) is 3.34. The fourth-order valence-corrected chi connectivity index (χ4v) is 5.56. The highest BCUT2D eigenvalue weighted by atomic mass is 35.5. The Kier molecular flexibility index (Phi) is 9.47. The molecule has 3 aromatic carbocycles. The number of amides is 1. The van der Waals surface area contributed by atoms with E-state index in [9.17, 15) is 37.7 Å². The highest BCUT2D eigenvalue weighted by molar-refractivity contribution is 7.90. The Bertz CT molecular complexity index is 1570. The SMILES string of the molecule is CS(=O)(=O)c1cccc(CC(NC(=O)c2c(Cl)cc(/C=C/P(=O)(O)Oc3ccc(O)cc3)cc2Cl)C(=O)O)c1. The minimum Gasteiger partial charge on any atom is -0.508 e. The van der Waals surface area contributed by atoms with E-state index in [0.29, 0.717) is 5.56 Å². The number of hydrogen-bond donors (Lipinski definition) is 4. The molecule has 0 bridgehead atoms. The molecule has 3 aromatic rings. The number of nitrogens with one attached hydrogen (secondary N) is 1. The number of carbonyl (C=O) groups excluding carboxylic acids is 1. The van der Waals surface area contributed by atoms with Crippen molar-refractivity contribution in [1.82, 2.24) is 5.32 Å². The number of rotatable bonds is 10. The third kappa shape index (κ3) is 8.58. The predicted octanol–water partition coefficient (Wildman–Crippen LogP) is 4.76. The Morgan fingerprint density at radius 2 is 1.69 bits per heavy atom. The molecular formula is C25H22Cl2NO9PS. The Labute approximate surface area is 233 Å². The quantitative estimate of drug-likeness (QED) is 0.235. The van der Waals surface area contributed by atoms with Gasteiger partial charge in [-0.15, -0.1) is 0 Å². The number of carbonyl (C=O) groups is 2. The van der Waals surface area contributed by atoms with Gasteiger partial charge in [0.2, 0.25) is 0 Å². The van der Waals surface area contributed by atoms with Crippen molar-refractivity contribution in [2.24, 2.45) is 0 Å². The second-order valence-corrected chi connectivity index (χ2v) is 12.8. The van der Waals surface area contributed by atoms with Gasteiger partial charge in [-0.1, -0.05) is 35.3 Å². The molecule has 10 nitrogen and oxygen atoms in total. The second kappa shape index (κ2) is 12.2. The van der Waals surface area contributed by atoms with Crippen molar-refractivity contribution in [2.45, 2.75) is 17.4 Å². The predicted molar refractivity (Wildman–Crippen MR) is 146 cm³/mol. The molecule has 39 heavy (non-hydrogen) atoms. The molecular weight excluding hydrogens is 592 g/mol. The van der Waals surface area contributed by atoms with Crippen molar-refractivity contribution in [2.75, 3.05) is 6.26 Å². The number of phenolic OH excluding ortho intramolecular Hbond substituents is 1. The van der Waals surface area contributed by atoms with Crippen molar-refractivity contribution in [3.63, 3.8) is 0 Å². The summed E-state index contributed by atoms with van der Waals surface area (Å²) in [7, 11) is -7.78. The Morgan fingerprint density at radius 1 is 1.08 bits per heavy atom. The number of benzene rings is 3. The van der Waals surface area contributed by atoms with Crippen LogP contribution in [0, 0.1) is 0 Å². The summed E-state index contributed by atoms with van der Waals surface area (Å²) in [5, 5.41) is 20.9. The number of aliphatic carboxylic acids is 1. The van der Waals surface area contributed by atoms with E-state index in [1.165, 1.54) is 66.7 Å². The van der Waals surface area contributed by atoms with Gasteiger partial charge >= 0.3 is 13.6 Å². The molecule has 3 rings (SSSR count). The molecule has 2 unspecified atom stereocenters. The number of carboxylic acids is 1. The van der Waals surface area contributed by atoms with Crippen LogP contribution in [0.2, 0.25) is 10.0 Å². The lowest BCUT2D eigenvalue weighted by Crippen LogP contribution is -2.42. The number of sulfone groups is 1. The van der Waals surface area contributed by atoms with Gasteiger partial charge in [-0.05, 0) is 65.7 Å². The fraction of sp³-hybridized carbons (Fsp3) is 0.120. The zero-order valence-corrected chi connectivity index (χ0v) is 23.3. The van der Waals surface area contributed by atoms with Gasteiger partial charge in [0.05, 0.1) is 20.5 Å². The number of phenols is 1. The summed E-state index contributed by atoms with van der Waals surface area (Å²) >= 11 is 12.5. The van der Waals surface area contributed by atoms with Crippen molar-refractivity contribution in [3.05, 3.63) is 93.2 Å². The summed E-state index contributed by atoms with van der Waals surface area (Å²) in [5.41, 5.74) is 0.392. The Balaban J connectivity index is 1.77. The molecule has 14 heteroatoms. The van der Waals surface area contributed by atoms with Crippen LogP contribution < -0.4 is 9.84 Å². The average molecular weight is 614 g/mol. The van der Waals surface area contributed by atoms with Crippen molar-refractivity contribution < 1.29 is 42.2 Å². The van der Waals surface area contributed by atoms with E-state index in [1.54, 1.807) is 0 Å². The largest absolute Gasteiger partial charge is 0.508 e. The first kappa shape index (κ1) is 30.2. The van der Waals surface area contributed by atoms with Gasteiger partial charge in [-0.3, -0.25) is 4.79 Å². The minimum absolute atomic E-state index is 0.00564. The van der Waals surface area contributed by atoms with Crippen LogP contribution in [0.5, 0.6) is 11.5 Å². The lowest BCUT2D eigenvalue weighted by atomic mass is 10.0. The van der Waals surface area contributed by atoms with Crippen LogP contribution >= 0.6 is 30.8 Å². The first-order valence-corrected chi connectivity index (χ1v) is 15.3. The molecule has 0 aliphatic rings. The Morgan fingerprint density at radius 3 is 2.26 bits per heavy atom. The summed E-state index contributed by atoms with van der Waals surface area (Å²) in [6.45, 7) is 0. The first-order chi connectivity index (χ1) is 18.1. The summed E-state index contributed by atoms with van der Waals surface area (Å²) in [6.07, 6.45) is 2.01. The van der Waals surface area contributed by atoms with Crippen LogP contribution in [0.25, 0.3) is 6.08 Å². The molecule has 0 aliphatic carbocycles. The van der Waals surface area contributed by atoms with Gasteiger partial charge in [0, 0.05) is 18.5 Å². The normalized spacial score (nSPS) is 13.9. The number of halogens is 2. The van der Waals surface area contributed by atoms with E-state index in [-0.39, 0.29) is 44.0 Å². The molecule has 0 radical (unpaired) electrons. The molecule has 1 amide bonds. The van der Waals surface area contributed by atoms with E-state index < -0.39 is 35.4 Å². The van der Waals surface area contributed by atoms with Gasteiger partial charge in [0.15, 0.2) is 9.84 Å². The highest BCUT2D eigenvalue weighted by Crippen LogP contribution is 2.45. The molecule has 0 aliphatic heterocycles. The maximum atomic E-state index is 12.9. The molecule has 0 saturated carbocycles. The van der Waals surface area contributed by atoms with E-state index in [2.05, 4.69) is 5.32 Å². The molecule has 0 heterocycles. The van der Waals surface area contributed by atoms with E-state index >= 15 is 0 Å². The maximum absolute atomic E-state index is 12.9. The summed E-state index contributed by atoms with van der Waals surface area (Å²) in [6, 6.07) is 12.0. The monoisotopic (exact) mass is 613 g/mol. The van der Waals surface area contributed by atoms with Crippen LogP contribution in [-0.4, -0.2) is 47.7 Å². The molecule has 4 N–H and O–H groups in total. The smallest absolute Gasteiger partial charge is 0.401 e. The standard InChI is InChI=1S/C25H22Cl2NO9PS/c1-39(35,36)19-4-2-3-15(11-19)14-22(25(31)32)28-24(30)23-20(26)12-16(13-21(23)27)9-10-38(33,34)37-18-7-5-17(29)6-8-18/h2-13,22,29H,14H2,1H3,(H,28,30)(H,31,32)(H,33,34)/b10-9+. The first-order valence-electron chi connectivity index (χ1n) is 11.0. The van der Waals surface area contributed by atoms with E-state index in [0.717, 1.165) is 12.1 Å². The number of aromatic hydroxyl groups is 1. The third-order valence-electron chi connectivity index (χ3n) is 5.19. The van der Waals surface area contributed by atoms with Crippen molar-refractivity contribution in [3.8, 4) is 11.5 Å². The van der Waals surface area contributed by atoms with Crippen molar-refractivity contribution in [1.29, 1.82) is 0 Å². The molecule has 2 atom stereocenters. The van der Waals surface area contributed by atoms with Crippen LogP contribution in [0.15, 0.2) is 71.4 Å². The van der Waals surface area contributed by atoms with Crippen LogP contribution in [0.4, 0.5) is 0 Å². The number of hydrogen-bond acceptors (Lipinski definition) is 7. The minimum atomic E-state index is -4.26. The van der Waals surface area contributed by atoms with Crippen LogP contribution in [-0.2, 0) is 25.6 Å². The summed E-state index contributed by atoms with van der Waals surface area (Å²) < 4.78 is 41.0. The third-order valence-corrected chi connectivity index (χ3v) is 7.89. The molecule has 0 aromatic heterocycles. The summed E-state index contributed by atoms with van der Waals surface area (Å²) in [4.78, 5) is 34.8. The topological polar surface area (TPSA) is 167 Å². The van der Waals surface area contributed by atoms with Gasteiger partial charge in [-0.25, -0.2) is 17.8 Å². The van der Waals surface area contributed by atoms with Gasteiger partial charge in [0.1, 0.15) is 17.5 Å². The summed E-state index contributed by atoms with van der Waals surface area (Å²) in [5.74, 6) is -1.38. The zero-order chi connectivity index (χ0) is 29.0. The van der Waals surface area contributed by atoms with Crippen molar-refractivity contribution >= 4 is 58.6 Å². The zero-order valence-electron chi connectivity index (χ0n) is 20.1. The van der Waals surface area contributed by atoms with Gasteiger partial charge in [0.25, 0.3) is 5.91 Å². The molecule has 0 fully saturated rings.